The van der Waals surface area contributed by atoms with E-state index in [2.05, 4.69) is 10.3 Å². The third-order valence-corrected chi connectivity index (χ3v) is 6.09. The zero-order chi connectivity index (χ0) is 23.0. The summed E-state index contributed by atoms with van der Waals surface area (Å²) in [5.74, 6) is -0.274. The topological polar surface area (TPSA) is 128 Å². The summed E-state index contributed by atoms with van der Waals surface area (Å²) in [6, 6.07) is 4.65. The van der Waals surface area contributed by atoms with Gasteiger partial charge in [-0.25, -0.2) is 9.78 Å². The van der Waals surface area contributed by atoms with E-state index in [4.69, 9.17) is 9.72 Å². The van der Waals surface area contributed by atoms with Gasteiger partial charge in [0, 0.05) is 13.1 Å². The molecule has 10 nitrogen and oxygen atoms in total. The Morgan fingerprint density at radius 2 is 2.03 bits per heavy atom. The first kappa shape index (κ1) is 21.8. The summed E-state index contributed by atoms with van der Waals surface area (Å²) in [4.78, 5) is 36.6. The van der Waals surface area contributed by atoms with Crippen molar-refractivity contribution in [1.82, 2.24) is 9.97 Å². The first-order chi connectivity index (χ1) is 15.2. The number of amides is 1. The number of methoxy groups -OCH3 is 1. The summed E-state index contributed by atoms with van der Waals surface area (Å²) in [5.41, 5.74) is -0.417. The largest absolute Gasteiger partial charge is 0.495 e. The Morgan fingerprint density at radius 1 is 1.31 bits per heavy atom. The highest BCUT2D eigenvalue weighted by Gasteiger charge is 2.43. The summed E-state index contributed by atoms with van der Waals surface area (Å²) in [6.07, 6.45) is 5.66. The minimum atomic E-state index is -1.55. The van der Waals surface area contributed by atoms with Crippen molar-refractivity contribution < 1.29 is 24.5 Å². The molecule has 1 fully saturated rings. The number of benzene rings is 1. The highest BCUT2D eigenvalue weighted by Crippen LogP contribution is 2.38. The summed E-state index contributed by atoms with van der Waals surface area (Å²) in [7, 11) is 3.06. The Bertz CT molecular complexity index is 1050. The fourth-order valence-corrected chi connectivity index (χ4v) is 4.39. The van der Waals surface area contributed by atoms with Crippen molar-refractivity contribution in [3.63, 3.8) is 0 Å². The fraction of sp³-hybridized carbons (Fsp3) is 0.455. The number of hydrogen-bond donors (Lipinski definition) is 3. The van der Waals surface area contributed by atoms with Crippen LogP contribution in [0.2, 0.25) is 0 Å². The second-order valence-corrected chi connectivity index (χ2v) is 8.45. The van der Waals surface area contributed by atoms with Crippen molar-refractivity contribution in [2.45, 2.75) is 44.2 Å². The molecule has 170 valence electrons. The monoisotopic (exact) mass is 441 g/mol. The molecule has 0 radical (unpaired) electrons. The average Bonchev–Trinajstić information content (AvgIpc) is 3.29. The number of aromatic nitrogens is 2. The first-order valence-electron chi connectivity index (χ1n) is 10.5. The predicted molar refractivity (Wildman–Crippen MR) is 119 cm³/mol. The number of rotatable bonds is 5. The van der Waals surface area contributed by atoms with Gasteiger partial charge in [0.25, 0.3) is 5.91 Å². The lowest BCUT2D eigenvalue weighted by Crippen LogP contribution is -2.52. The van der Waals surface area contributed by atoms with Gasteiger partial charge in [-0.05, 0) is 38.0 Å². The smallest absolute Gasteiger partial charge is 0.335 e. The fourth-order valence-electron chi connectivity index (χ4n) is 4.39. The van der Waals surface area contributed by atoms with Gasteiger partial charge in [-0.1, -0.05) is 12.8 Å². The molecule has 32 heavy (non-hydrogen) atoms. The standard InChI is InChI=1S/C22H27N5O5/c1-22(31)12-27(14-6-4-5-7-14)18-16(26(2)20(22)30)11-23-21(25-18)24-15-9-8-13(19(28)29)10-17(15)32-3/h8-11,14,31H,4-7,12H2,1-3H3,(H,28,29)(H,23,24,25). The maximum Gasteiger partial charge on any atom is 0.335 e. The number of nitrogens with zero attached hydrogens (tertiary/aromatic N) is 4. The number of likely N-dealkylation sites (N-methyl/N-ethyl adjacent to an activating group) is 1. The third-order valence-electron chi connectivity index (χ3n) is 6.09. The van der Waals surface area contributed by atoms with Crippen molar-refractivity contribution in [2.75, 3.05) is 35.8 Å². The second kappa shape index (κ2) is 8.27. The molecule has 1 aliphatic heterocycles. The normalized spacial score (nSPS) is 21.3. The number of carbonyl (C=O) groups is 2. The van der Waals surface area contributed by atoms with E-state index in [1.807, 2.05) is 4.90 Å². The van der Waals surface area contributed by atoms with E-state index in [1.54, 1.807) is 19.3 Å². The molecule has 2 aromatic rings. The van der Waals surface area contributed by atoms with E-state index in [-0.39, 0.29) is 24.1 Å². The number of aromatic carboxylic acids is 1. The van der Waals surface area contributed by atoms with Gasteiger partial charge in [0.15, 0.2) is 11.4 Å². The molecule has 0 saturated heterocycles. The number of aliphatic hydroxyl groups is 1. The van der Waals surface area contributed by atoms with Crippen LogP contribution in [0.5, 0.6) is 5.75 Å². The van der Waals surface area contributed by atoms with Gasteiger partial charge in [-0.15, -0.1) is 0 Å². The summed E-state index contributed by atoms with van der Waals surface area (Å²) in [6.45, 7) is 1.67. The van der Waals surface area contributed by atoms with Crippen molar-refractivity contribution in [3.8, 4) is 5.75 Å². The number of β-amino-alcohol motifs (C(OH)–C–C–N with tert-alkyl or cyclic N) is 1. The molecule has 1 saturated carbocycles. The van der Waals surface area contributed by atoms with Gasteiger partial charge in [-0.2, -0.15) is 4.98 Å². The summed E-state index contributed by atoms with van der Waals surface area (Å²) in [5, 5.41) is 23.2. The zero-order valence-electron chi connectivity index (χ0n) is 18.3. The highest BCUT2D eigenvalue weighted by molar-refractivity contribution is 6.02. The molecule has 1 atom stereocenters. The number of hydrogen-bond acceptors (Lipinski definition) is 8. The molecular formula is C22H27N5O5. The SMILES string of the molecule is COc1cc(C(=O)O)ccc1Nc1ncc2c(n1)N(C1CCCC1)CC(C)(O)C(=O)N2C. The minimum absolute atomic E-state index is 0.102. The van der Waals surface area contributed by atoms with Crippen LogP contribution in [0.3, 0.4) is 0 Å². The Kier molecular flexibility index (Phi) is 5.64. The molecule has 1 amide bonds. The van der Waals surface area contributed by atoms with E-state index in [0.717, 1.165) is 25.7 Å². The number of carboxylic acid groups (broad SMARTS) is 1. The van der Waals surface area contributed by atoms with Crippen LogP contribution in [0.25, 0.3) is 0 Å². The molecule has 2 aliphatic rings. The lowest BCUT2D eigenvalue weighted by atomic mass is 10.0. The van der Waals surface area contributed by atoms with Crippen molar-refractivity contribution in [1.29, 1.82) is 0 Å². The Morgan fingerprint density at radius 3 is 2.69 bits per heavy atom. The quantitative estimate of drug-likeness (QED) is 0.641. The van der Waals surface area contributed by atoms with Crippen LogP contribution in [0, 0.1) is 0 Å². The third kappa shape index (κ3) is 3.93. The van der Waals surface area contributed by atoms with Crippen molar-refractivity contribution >= 4 is 35.0 Å². The number of carboxylic acids is 1. The van der Waals surface area contributed by atoms with Gasteiger partial charge in [-0.3, -0.25) is 4.79 Å². The van der Waals surface area contributed by atoms with E-state index >= 15 is 0 Å². The maximum atomic E-state index is 12.9. The molecule has 10 heteroatoms. The number of ether oxygens (including phenoxy) is 1. The van der Waals surface area contributed by atoms with Crippen LogP contribution < -0.4 is 19.9 Å². The molecule has 0 bridgehead atoms. The minimum Gasteiger partial charge on any atom is -0.495 e. The van der Waals surface area contributed by atoms with Crippen molar-refractivity contribution in [3.05, 3.63) is 30.0 Å². The summed E-state index contributed by atoms with van der Waals surface area (Å²) >= 11 is 0. The molecule has 1 aliphatic carbocycles. The van der Waals surface area contributed by atoms with E-state index < -0.39 is 17.5 Å². The second-order valence-electron chi connectivity index (χ2n) is 8.45. The average molecular weight is 441 g/mol. The summed E-state index contributed by atoms with van der Waals surface area (Å²) < 4.78 is 5.32. The molecule has 1 aromatic heterocycles. The molecular weight excluding hydrogens is 414 g/mol. The van der Waals surface area contributed by atoms with E-state index in [9.17, 15) is 19.8 Å². The van der Waals surface area contributed by atoms with Gasteiger partial charge < -0.3 is 30.1 Å². The van der Waals surface area contributed by atoms with Crippen LogP contribution in [-0.2, 0) is 4.79 Å². The molecule has 2 heterocycles. The van der Waals surface area contributed by atoms with Gasteiger partial charge >= 0.3 is 5.97 Å². The van der Waals surface area contributed by atoms with Gasteiger partial charge in [0.05, 0.1) is 31.1 Å². The van der Waals surface area contributed by atoms with Crippen LogP contribution in [0.15, 0.2) is 24.4 Å². The van der Waals surface area contributed by atoms with Crippen molar-refractivity contribution in [2.24, 2.45) is 0 Å². The number of fused-ring (bicyclic) bond motifs is 1. The number of anilines is 4. The molecule has 1 unspecified atom stereocenters. The molecule has 3 N–H and O–H groups in total. The maximum absolute atomic E-state index is 12.9. The zero-order valence-corrected chi connectivity index (χ0v) is 18.3. The Hall–Kier alpha value is -3.40. The lowest BCUT2D eigenvalue weighted by Gasteiger charge is -2.33. The van der Waals surface area contributed by atoms with E-state index in [0.29, 0.717) is 22.9 Å². The number of carbonyl (C=O) groups excluding carboxylic acids is 1. The molecule has 1 aromatic carbocycles. The Balaban J connectivity index is 1.74. The van der Waals surface area contributed by atoms with Crippen LogP contribution in [-0.4, -0.2) is 64.4 Å². The van der Waals surface area contributed by atoms with Crippen LogP contribution >= 0.6 is 0 Å². The van der Waals surface area contributed by atoms with Gasteiger partial charge in [0.2, 0.25) is 5.95 Å². The first-order valence-corrected chi connectivity index (χ1v) is 10.5. The van der Waals surface area contributed by atoms with Crippen LogP contribution in [0.1, 0.15) is 43.0 Å². The molecule has 4 rings (SSSR count). The van der Waals surface area contributed by atoms with E-state index in [1.165, 1.54) is 31.1 Å². The molecule has 0 spiro atoms. The van der Waals surface area contributed by atoms with Gasteiger partial charge in [0.1, 0.15) is 11.4 Å². The number of nitrogens with one attached hydrogen (secondary N) is 1. The lowest BCUT2D eigenvalue weighted by molar-refractivity contribution is -0.133. The Labute approximate surface area is 185 Å². The highest BCUT2D eigenvalue weighted by atomic mass is 16.5. The van der Waals surface area contributed by atoms with Crippen LogP contribution in [0.4, 0.5) is 23.1 Å². The predicted octanol–water partition coefficient (Wildman–Crippen LogP) is 2.40.